The first-order valence-electron chi connectivity index (χ1n) is 9.02. The second-order valence-corrected chi connectivity index (χ2v) is 8.87. The number of benzene rings is 3. The zero-order valence-electron chi connectivity index (χ0n) is 15.9. The molecule has 3 aromatic rings. The SMILES string of the molecule is Cc1cccc(CNC(=O)CN(c2cccc(Cl)c2)S(=O)(=O)c2ccccc2)c1. The Morgan fingerprint density at radius 2 is 1.69 bits per heavy atom. The molecule has 0 aliphatic rings. The van der Waals surface area contributed by atoms with E-state index in [9.17, 15) is 13.2 Å². The second kappa shape index (κ2) is 9.11. The van der Waals surface area contributed by atoms with Gasteiger partial charge in [0, 0.05) is 11.6 Å². The van der Waals surface area contributed by atoms with Crippen molar-refractivity contribution < 1.29 is 13.2 Å². The highest BCUT2D eigenvalue weighted by molar-refractivity contribution is 7.92. The fourth-order valence-electron chi connectivity index (χ4n) is 2.88. The average Bonchev–Trinajstić information content (AvgIpc) is 2.71. The van der Waals surface area contributed by atoms with Crippen molar-refractivity contribution in [1.82, 2.24) is 5.32 Å². The van der Waals surface area contributed by atoms with Crippen LogP contribution in [0, 0.1) is 6.92 Å². The Kier molecular flexibility index (Phi) is 6.56. The zero-order valence-corrected chi connectivity index (χ0v) is 17.5. The number of sulfonamides is 1. The summed E-state index contributed by atoms with van der Waals surface area (Å²) in [5.41, 5.74) is 2.36. The number of nitrogens with zero attached hydrogens (tertiary/aromatic N) is 1. The lowest BCUT2D eigenvalue weighted by atomic mass is 10.1. The summed E-state index contributed by atoms with van der Waals surface area (Å²) in [7, 11) is -3.94. The molecule has 5 nitrogen and oxygen atoms in total. The fraction of sp³-hybridized carbons (Fsp3) is 0.136. The highest BCUT2D eigenvalue weighted by atomic mass is 35.5. The van der Waals surface area contributed by atoms with Crippen LogP contribution < -0.4 is 9.62 Å². The van der Waals surface area contributed by atoms with Crippen LogP contribution in [0.4, 0.5) is 5.69 Å². The Hall–Kier alpha value is -2.83. The van der Waals surface area contributed by atoms with Gasteiger partial charge in [0.2, 0.25) is 5.91 Å². The normalized spacial score (nSPS) is 11.1. The molecule has 0 aliphatic carbocycles. The van der Waals surface area contributed by atoms with E-state index in [0.29, 0.717) is 17.3 Å². The number of anilines is 1. The molecule has 150 valence electrons. The van der Waals surface area contributed by atoms with Gasteiger partial charge in [0.15, 0.2) is 0 Å². The topological polar surface area (TPSA) is 66.5 Å². The van der Waals surface area contributed by atoms with Crippen LogP contribution in [0.1, 0.15) is 11.1 Å². The summed E-state index contributed by atoms with van der Waals surface area (Å²) >= 11 is 6.06. The molecular weight excluding hydrogens is 408 g/mol. The maximum Gasteiger partial charge on any atom is 0.264 e. The van der Waals surface area contributed by atoms with Crippen LogP contribution >= 0.6 is 11.6 Å². The highest BCUT2D eigenvalue weighted by Gasteiger charge is 2.27. The van der Waals surface area contributed by atoms with Gasteiger partial charge in [0.05, 0.1) is 10.6 Å². The van der Waals surface area contributed by atoms with Crippen LogP contribution in [0.15, 0.2) is 83.8 Å². The lowest BCUT2D eigenvalue weighted by Gasteiger charge is -2.24. The predicted octanol–water partition coefficient (Wildman–Crippen LogP) is 4.16. The Labute approximate surface area is 176 Å². The van der Waals surface area contributed by atoms with Gasteiger partial charge in [-0.3, -0.25) is 9.10 Å². The van der Waals surface area contributed by atoms with Crippen LogP contribution in [0.3, 0.4) is 0 Å². The molecule has 0 bridgehead atoms. The van der Waals surface area contributed by atoms with Gasteiger partial charge < -0.3 is 5.32 Å². The molecule has 0 heterocycles. The van der Waals surface area contributed by atoms with Gasteiger partial charge in [-0.15, -0.1) is 0 Å². The molecule has 0 saturated carbocycles. The highest BCUT2D eigenvalue weighted by Crippen LogP contribution is 2.25. The summed E-state index contributed by atoms with van der Waals surface area (Å²) < 4.78 is 27.5. The molecule has 0 unspecified atom stereocenters. The first-order valence-corrected chi connectivity index (χ1v) is 10.8. The van der Waals surface area contributed by atoms with Crippen molar-refractivity contribution in [2.75, 3.05) is 10.8 Å². The number of rotatable bonds is 7. The van der Waals surface area contributed by atoms with E-state index in [1.807, 2.05) is 31.2 Å². The van der Waals surface area contributed by atoms with Crippen molar-refractivity contribution in [1.29, 1.82) is 0 Å². The monoisotopic (exact) mass is 428 g/mol. The van der Waals surface area contributed by atoms with Gasteiger partial charge in [-0.25, -0.2) is 8.42 Å². The first-order chi connectivity index (χ1) is 13.9. The van der Waals surface area contributed by atoms with Gasteiger partial charge in [-0.2, -0.15) is 0 Å². The summed E-state index contributed by atoms with van der Waals surface area (Å²) in [6.45, 7) is 1.93. The van der Waals surface area contributed by atoms with E-state index >= 15 is 0 Å². The minimum absolute atomic E-state index is 0.103. The maximum atomic E-state index is 13.2. The van der Waals surface area contributed by atoms with Crippen LogP contribution in [-0.4, -0.2) is 20.9 Å². The molecule has 0 spiro atoms. The van der Waals surface area contributed by atoms with E-state index in [2.05, 4.69) is 5.32 Å². The van der Waals surface area contributed by atoms with Gasteiger partial charge >= 0.3 is 0 Å². The first kappa shape index (κ1) is 20.9. The third kappa shape index (κ3) is 5.37. The van der Waals surface area contributed by atoms with Crippen LogP contribution in [0.5, 0.6) is 0 Å². The average molecular weight is 429 g/mol. The van der Waals surface area contributed by atoms with Gasteiger partial charge in [-0.1, -0.05) is 65.7 Å². The molecule has 0 radical (unpaired) electrons. The quantitative estimate of drug-likeness (QED) is 0.614. The number of carbonyl (C=O) groups excluding carboxylic acids is 1. The molecule has 3 rings (SSSR count). The molecule has 29 heavy (non-hydrogen) atoms. The molecule has 0 fully saturated rings. The lowest BCUT2D eigenvalue weighted by Crippen LogP contribution is -2.40. The van der Waals surface area contributed by atoms with Crippen LogP contribution in [-0.2, 0) is 21.4 Å². The number of carbonyl (C=O) groups is 1. The molecule has 0 saturated heterocycles. The molecule has 0 atom stereocenters. The van der Waals surface area contributed by atoms with E-state index in [0.717, 1.165) is 15.4 Å². The maximum absolute atomic E-state index is 13.2. The Morgan fingerprint density at radius 3 is 2.38 bits per heavy atom. The van der Waals surface area contributed by atoms with Crippen molar-refractivity contribution in [3.05, 3.63) is 95.0 Å². The largest absolute Gasteiger partial charge is 0.350 e. The molecule has 1 amide bonds. The van der Waals surface area contributed by atoms with Crippen molar-refractivity contribution in [3.63, 3.8) is 0 Å². The number of amides is 1. The van der Waals surface area contributed by atoms with Crippen molar-refractivity contribution in [2.45, 2.75) is 18.4 Å². The zero-order chi connectivity index (χ0) is 20.9. The van der Waals surface area contributed by atoms with Gasteiger partial charge in [-0.05, 0) is 42.8 Å². The van der Waals surface area contributed by atoms with Gasteiger partial charge in [0.25, 0.3) is 10.0 Å². The minimum atomic E-state index is -3.94. The number of aryl methyl sites for hydroxylation is 1. The Balaban J connectivity index is 1.84. The third-order valence-corrected chi connectivity index (χ3v) is 6.31. The van der Waals surface area contributed by atoms with Crippen molar-refractivity contribution in [3.8, 4) is 0 Å². The van der Waals surface area contributed by atoms with Crippen molar-refractivity contribution in [2.24, 2.45) is 0 Å². The molecule has 7 heteroatoms. The van der Waals surface area contributed by atoms with Gasteiger partial charge in [0.1, 0.15) is 6.54 Å². The standard InChI is InChI=1S/C22H21ClN2O3S/c1-17-7-5-8-18(13-17)15-24-22(26)16-25(20-10-6-9-19(23)14-20)29(27,28)21-11-3-2-4-12-21/h2-14H,15-16H2,1H3,(H,24,26). The van der Waals surface area contributed by atoms with Crippen LogP contribution in [0.25, 0.3) is 0 Å². The number of hydrogen-bond acceptors (Lipinski definition) is 3. The second-order valence-electron chi connectivity index (χ2n) is 6.57. The van der Waals surface area contributed by atoms with E-state index in [1.54, 1.807) is 36.4 Å². The fourth-order valence-corrected chi connectivity index (χ4v) is 4.49. The lowest BCUT2D eigenvalue weighted by molar-refractivity contribution is -0.119. The summed E-state index contributed by atoms with van der Waals surface area (Å²) in [6, 6.07) is 22.2. The number of nitrogens with one attached hydrogen (secondary N) is 1. The number of hydrogen-bond donors (Lipinski definition) is 1. The van der Waals surface area contributed by atoms with E-state index in [4.69, 9.17) is 11.6 Å². The molecular formula is C22H21ClN2O3S. The smallest absolute Gasteiger partial charge is 0.264 e. The summed E-state index contributed by atoms with van der Waals surface area (Å²) in [5.74, 6) is -0.411. The predicted molar refractivity (Wildman–Crippen MR) is 115 cm³/mol. The summed E-state index contributed by atoms with van der Waals surface area (Å²) in [4.78, 5) is 12.7. The minimum Gasteiger partial charge on any atom is -0.350 e. The molecule has 0 aliphatic heterocycles. The van der Waals surface area contributed by atoms with E-state index in [1.165, 1.54) is 18.2 Å². The van der Waals surface area contributed by atoms with E-state index in [-0.39, 0.29) is 11.4 Å². The third-order valence-electron chi connectivity index (χ3n) is 4.29. The summed E-state index contributed by atoms with van der Waals surface area (Å²) in [6.07, 6.45) is 0. The Bertz CT molecular complexity index is 1100. The van der Waals surface area contributed by atoms with Crippen LogP contribution in [0.2, 0.25) is 5.02 Å². The van der Waals surface area contributed by atoms with Crippen molar-refractivity contribution >= 4 is 33.2 Å². The number of halogens is 1. The molecule has 3 aromatic carbocycles. The van der Waals surface area contributed by atoms with E-state index < -0.39 is 15.9 Å². The molecule has 0 aromatic heterocycles. The molecule has 1 N–H and O–H groups in total. The Morgan fingerprint density at radius 1 is 0.966 bits per heavy atom. The summed E-state index contributed by atoms with van der Waals surface area (Å²) in [5, 5.41) is 3.17.